The summed E-state index contributed by atoms with van der Waals surface area (Å²) in [5.74, 6) is -0.450. The van der Waals surface area contributed by atoms with Crippen molar-refractivity contribution in [2.45, 2.75) is 36.9 Å². The fraction of sp³-hybridized carbons (Fsp3) is 0.188. The Morgan fingerprint density at radius 3 is 2.44 bits per heavy atom. The number of amides is 1. The van der Waals surface area contributed by atoms with E-state index in [1.165, 1.54) is 33.6 Å². The Bertz CT molecular complexity index is 1640. The molecule has 1 atom stereocenters. The van der Waals surface area contributed by atoms with Gasteiger partial charge in [0, 0.05) is 11.3 Å². The molecule has 5 rings (SSSR count). The molecule has 1 N–H and O–H groups in total. The van der Waals surface area contributed by atoms with E-state index in [0.29, 0.717) is 33.6 Å². The summed E-state index contributed by atoms with van der Waals surface area (Å²) in [5, 5.41) is 20.4. The molecule has 0 radical (unpaired) electrons. The number of anilines is 1. The molecule has 1 aliphatic heterocycles. The number of ether oxygens (including phenoxy) is 1. The summed E-state index contributed by atoms with van der Waals surface area (Å²) in [6, 6.07) is 20.1. The van der Waals surface area contributed by atoms with Crippen molar-refractivity contribution in [1.82, 2.24) is 10.2 Å². The second-order valence-corrected chi connectivity index (χ2v) is 12.0. The van der Waals surface area contributed by atoms with Crippen molar-refractivity contribution in [2.24, 2.45) is 0 Å². The van der Waals surface area contributed by atoms with Crippen LogP contribution < -0.4 is 9.64 Å². The second-order valence-electron chi connectivity index (χ2n) is 9.78. The average Bonchev–Trinajstić information content (AvgIpc) is 3.54. The molecule has 1 aromatic heterocycles. The number of hydrogen-bond acceptors (Lipinski definition) is 8. The molecule has 3 aromatic carbocycles. The van der Waals surface area contributed by atoms with Crippen LogP contribution in [0.5, 0.6) is 5.75 Å². The van der Waals surface area contributed by atoms with Crippen molar-refractivity contribution in [3.8, 4) is 5.75 Å². The van der Waals surface area contributed by atoms with Gasteiger partial charge in [-0.3, -0.25) is 14.5 Å². The van der Waals surface area contributed by atoms with Crippen LogP contribution in [0.15, 0.2) is 89.3 Å². The van der Waals surface area contributed by atoms with Crippen LogP contribution in [-0.2, 0) is 15.3 Å². The number of carbonyl (C=O) groups excluding carboxylic acids is 2. The fourth-order valence-electron chi connectivity index (χ4n) is 4.57. The number of Topliss-reactive ketones (excluding diaryl/α,β-unsaturated/α-hetero) is 1. The smallest absolute Gasteiger partial charge is 0.301 e. The maximum Gasteiger partial charge on any atom is 0.301 e. The summed E-state index contributed by atoms with van der Waals surface area (Å²) < 4.78 is 6.29. The van der Waals surface area contributed by atoms with Gasteiger partial charge in [0.05, 0.1) is 11.6 Å². The highest BCUT2D eigenvalue weighted by Crippen LogP contribution is 2.44. The van der Waals surface area contributed by atoms with Crippen LogP contribution in [0.2, 0.25) is 0 Å². The van der Waals surface area contributed by atoms with Crippen molar-refractivity contribution in [1.29, 1.82) is 0 Å². The van der Waals surface area contributed by atoms with Crippen molar-refractivity contribution in [2.75, 3.05) is 11.5 Å². The Morgan fingerprint density at radius 2 is 1.73 bits per heavy atom. The average molecular weight is 584 g/mol. The Kier molecular flexibility index (Phi) is 8.37. The quantitative estimate of drug-likeness (QED) is 0.0569. The largest absolute Gasteiger partial charge is 0.507 e. The van der Waals surface area contributed by atoms with E-state index >= 15 is 0 Å². The number of carbonyl (C=O) groups is 2. The van der Waals surface area contributed by atoms with Gasteiger partial charge >= 0.3 is 5.91 Å². The van der Waals surface area contributed by atoms with Crippen molar-refractivity contribution in [3.05, 3.63) is 118 Å². The van der Waals surface area contributed by atoms with Gasteiger partial charge in [0.25, 0.3) is 5.78 Å². The first-order valence-electron chi connectivity index (χ1n) is 13.0. The van der Waals surface area contributed by atoms with Gasteiger partial charge in [-0.05, 0) is 55.7 Å². The predicted molar refractivity (Wildman–Crippen MR) is 163 cm³/mol. The molecule has 4 aromatic rings. The lowest BCUT2D eigenvalue weighted by Crippen LogP contribution is -2.29. The van der Waals surface area contributed by atoms with E-state index in [9.17, 15) is 14.7 Å². The Hall–Kier alpha value is -4.21. The highest BCUT2D eigenvalue weighted by Gasteiger charge is 2.48. The number of rotatable bonds is 9. The predicted octanol–water partition coefficient (Wildman–Crippen LogP) is 6.95. The third-order valence-corrected chi connectivity index (χ3v) is 8.87. The van der Waals surface area contributed by atoms with E-state index in [1.807, 2.05) is 39.0 Å². The minimum atomic E-state index is -0.897. The Morgan fingerprint density at radius 1 is 1.02 bits per heavy atom. The summed E-state index contributed by atoms with van der Waals surface area (Å²) in [6.07, 6.45) is 1.65. The summed E-state index contributed by atoms with van der Waals surface area (Å²) >= 11 is 2.75. The maximum absolute atomic E-state index is 13.5. The van der Waals surface area contributed by atoms with Gasteiger partial charge in [0.1, 0.15) is 18.1 Å². The monoisotopic (exact) mass is 583 g/mol. The number of thioether (sulfide) groups is 1. The normalized spacial score (nSPS) is 16.3. The lowest BCUT2D eigenvalue weighted by atomic mass is 9.93. The molecule has 1 fully saturated rings. The zero-order valence-electron chi connectivity index (χ0n) is 23.0. The zero-order chi connectivity index (χ0) is 29.1. The first-order valence-corrected chi connectivity index (χ1v) is 14.8. The molecule has 9 heteroatoms. The number of ketones is 1. The van der Waals surface area contributed by atoms with Crippen LogP contribution in [0.3, 0.4) is 0 Å². The third-order valence-electron chi connectivity index (χ3n) is 6.74. The maximum atomic E-state index is 13.5. The molecular formula is C32H29N3O4S2. The number of benzene rings is 3. The number of nitrogens with zero attached hydrogens (tertiary/aromatic N) is 3. The molecule has 41 heavy (non-hydrogen) atoms. The summed E-state index contributed by atoms with van der Waals surface area (Å²) in [5.41, 5.74) is 5.19. The van der Waals surface area contributed by atoms with Crippen molar-refractivity contribution < 1.29 is 19.4 Å². The van der Waals surface area contributed by atoms with Gasteiger partial charge < -0.3 is 9.84 Å². The fourth-order valence-corrected chi connectivity index (χ4v) is 6.39. The van der Waals surface area contributed by atoms with Crippen LogP contribution in [0.25, 0.3) is 5.76 Å². The molecule has 1 aliphatic rings. The van der Waals surface area contributed by atoms with E-state index in [4.69, 9.17) is 4.74 Å². The molecule has 7 nitrogen and oxygen atoms in total. The topological polar surface area (TPSA) is 92.6 Å². The standard InChI is InChI=1S/C32H29N3O4S2/c1-5-16-39-24-14-12-23(13-15-24)27-26(28(36)25-17-20(3)6-9-21(25)4)29(37)30(38)35(27)31-33-34-32(41-31)40-18-22-10-7-19(2)8-11-22/h5-15,17,27,36H,1,16,18H2,2-4H3. The van der Waals surface area contributed by atoms with Gasteiger partial charge in [-0.1, -0.05) is 95.4 Å². The van der Waals surface area contributed by atoms with Gasteiger partial charge in [0.2, 0.25) is 5.13 Å². The minimum absolute atomic E-state index is 0.00696. The Balaban J connectivity index is 1.55. The molecule has 208 valence electrons. The van der Waals surface area contributed by atoms with E-state index in [2.05, 4.69) is 41.0 Å². The van der Waals surface area contributed by atoms with Gasteiger partial charge in [0.15, 0.2) is 4.34 Å². The number of aliphatic hydroxyl groups excluding tert-OH is 1. The first-order chi connectivity index (χ1) is 19.8. The van der Waals surface area contributed by atoms with E-state index < -0.39 is 17.7 Å². The van der Waals surface area contributed by atoms with Crippen LogP contribution in [-0.4, -0.2) is 33.6 Å². The molecule has 1 amide bonds. The van der Waals surface area contributed by atoms with Crippen LogP contribution in [0, 0.1) is 20.8 Å². The summed E-state index contributed by atoms with van der Waals surface area (Å²) in [6.45, 7) is 9.82. The molecule has 1 unspecified atom stereocenters. The molecule has 0 bridgehead atoms. The second kappa shape index (κ2) is 12.1. The summed E-state index contributed by atoms with van der Waals surface area (Å²) in [4.78, 5) is 28.4. The molecule has 0 saturated carbocycles. The number of aryl methyl sites for hydroxylation is 3. The van der Waals surface area contributed by atoms with Crippen LogP contribution in [0.4, 0.5) is 5.13 Å². The molecule has 0 aliphatic carbocycles. The molecule has 0 spiro atoms. The molecule has 1 saturated heterocycles. The lowest BCUT2D eigenvalue weighted by Gasteiger charge is -2.23. The zero-order valence-corrected chi connectivity index (χ0v) is 24.6. The van der Waals surface area contributed by atoms with Crippen LogP contribution >= 0.6 is 23.1 Å². The molecular weight excluding hydrogens is 555 g/mol. The number of aromatic nitrogens is 2. The number of aliphatic hydroxyl groups is 1. The van der Waals surface area contributed by atoms with E-state index in [1.54, 1.807) is 30.3 Å². The van der Waals surface area contributed by atoms with Gasteiger partial charge in [-0.2, -0.15) is 0 Å². The summed E-state index contributed by atoms with van der Waals surface area (Å²) in [7, 11) is 0. The van der Waals surface area contributed by atoms with E-state index in [0.717, 1.165) is 16.7 Å². The first kappa shape index (κ1) is 28.3. The SMILES string of the molecule is C=CCOc1ccc(C2C(=C(O)c3cc(C)ccc3C)C(=O)C(=O)N2c2nnc(SCc3ccc(C)cc3)s2)cc1. The highest BCUT2D eigenvalue weighted by atomic mass is 32.2. The van der Waals surface area contributed by atoms with Crippen LogP contribution in [0.1, 0.15) is 39.4 Å². The Labute approximate surface area is 247 Å². The third kappa shape index (κ3) is 5.96. The van der Waals surface area contributed by atoms with Gasteiger partial charge in [-0.15, -0.1) is 10.2 Å². The highest BCUT2D eigenvalue weighted by molar-refractivity contribution is 8.00. The van der Waals surface area contributed by atoms with E-state index in [-0.39, 0.29) is 16.5 Å². The minimum Gasteiger partial charge on any atom is -0.507 e. The van der Waals surface area contributed by atoms with Crippen molar-refractivity contribution >= 4 is 45.7 Å². The molecule has 2 heterocycles. The van der Waals surface area contributed by atoms with Gasteiger partial charge in [-0.25, -0.2) is 0 Å². The number of hydrogen-bond donors (Lipinski definition) is 1. The lowest BCUT2D eigenvalue weighted by molar-refractivity contribution is -0.132. The van der Waals surface area contributed by atoms with Crippen molar-refractivity contribution in [3.63, 3.8) is 0 Å².